The Morgan fingerprint density at radius 2 is 1.60 bits per heavy atom. The predicted molar refractivity (Wildman–Crippen MR) is 116 cm³/mol. The molecule has 8 nitrogen and oxygen atoms in total. The monoisotopic (exact) mass is 410 g/mol. The van der Waals surface area contributed by atoms with Gasteiger partial charge in [0.2, 0.25) is 0 Å². The van der Waals surface area contributed by atoms with Crippen LogP contribution in [-0.2, 0) is 0 Å². The Bertz CT molecular complexity index is 839. The molecule has 1 aromatic carbocycles. The predicted octanol–water partition coefficient (Wildman–Crippen LogP) is 3.50. The highest BCUT2D eigenvalue weighted by Crippen LogP contribution is 2.21. The first-order valence-electron chi connectivity index (χ1n) is 10.9. The number of aromatic nitrogens is 2. The van der Waals surface area contributed by atoms with Crippen LogP contribution in [0.1, 0.15) is 44.9 Å². The van der Waals surface area contributed by atoms with Crippen molar-refractivity contribution in [2.75, 3.05) is 18.4 Å². The summed E-state index contributed by atoms with van der Waals surface area (Å²) < 4.78 is 1.73. The molecule has 2 fully saturated rings. The number of carbonyl (C=O) groups is 2. The molecule has 1 saturated carbocycles. The zero-order valence-corrected chi connectivity index (χ0v) is 17.2. The first kappa shape index (κ1) is 20.3. The fourth-order valence-corrected chi connectivity index (χ4v) is 4.27. The Kier molecular flexibility index (Phi) is 6.51. The Labute approximate surface area is 177 Å². The molecule has 0 spiro atoms. The molecule has 0 unspecified atom stereocenters. The smallest absolute Gasteiger partial charge is 0.321 e. The summed E-state index contributed by atoms with van der Waals surface area (Å²) in [7, 11) is 0. The number of rotatable bonds is 4. The third-order valence-corrected chi connectivity index (χ3v) is 5.95. The topological polar surface area (TPSA) is 91.3 Å². The van der Waals surface area contributed by atoms with Crippen molar-refractivity contribution in [1.82, 2.24) is 25.3 Å². The van der Waals surface area contributed by atoms with Crippen LogP contribution in [0.3, 0.4) is 0 Å². The van der Waals surface area contributed by atoms with E-state index in [1.807, 2.05) is 36.5 Å². The van der Waals surface area contributed by atoms with Gasteiger partial charge in [-0.15, -0.1) is 0 Å². The molecule has 1 aliphatic heterocycles. The summed E-state index contributed by atoms with van der Waals surface area (Å²) in [5, 5.41) is 13.4. The van der Waals surface area contributed by atoms with E-state index in [-0.39, 0.29) is 18.1 Å². The van der Waals surface area contributed by atoms with E-state index >= 15 is 0 Å². The van der Waals surface area contributed by atoms with Crippen molar-refractivity contribution >= 4 is 17.7 Å². The van der Waals surface area contributed by atoms with Gasteiger partial charge in [-0.25, -0.2) is 14.3 Å². The van der Waals surface area contributed by atoms with Gasteiger partial charge in [-0.2, -0.15) is 5.10 Å². The van der Waals surface area contributed by atoms with Crippen molar-refractivity contribution in [3.8, 4) is 5.69 Å². The van der Waals surface area contributed by atoms with E-state index in [9.17, 15) is 9.59 Å². The lowest BCUT2D eigenvalue weighted by Gasteiger charge is -2.33. The van der Waals surface area contributed by atoms with E-state index in [4.69, 9.17) is 0 Å². The van der Waals surface area contributed by atoms with E-state index in [0.29, 0.717) is 19.1 Å². The number of carbonyl (C=O) groups excluding carboxylic acids is 2. The lowest BCUT2D eigenvalue weighted by atomic mass is 9.96. The average Bonchev–Trinajstić information content (AvgIpc) is 3.30. The zero-order valence-electron chi connectivity index (χ0n) is 17.2. The third-order valence-electron chi connectivity index (χ3n) is 5.95. The number of benzene rings is 1. The van der Waals surface area contributed by atoms with Crippen molar-refractivity contribution < 1.29 is 9.59 Å². The summed E-state index contributed by atoms with van der Waals surface area (Å²) in [6, 6.07) is 9.67. The maximum absolute atomic E-state index is 12.8. The second-order valence-corrected chi connectivity index (χ2v) is 8.11. The normalized spacial score (nSPS) is 18.1. The van der Waals surface area contributed by atoms with Gasteiger partial charge in [0.15, 0.2) is 0 Å². The Morgan fingerprint density at radius 3 is 2.30 bits per heavy atom. The lowest BCUT2D eigenvalue weighted by molar-refractivity contribution is 0.186. The Hall–Kier alpha value is -3.03. The van der Waals surface area contributed by atoms with Crippen LogP contribution < -0.4 is 16.0 Å². The van der Waals surface area contributed by atoms with Crippen molar-refractivity contribution in [2.45, 2.75) is 57.0 Å². The standard InChI is InChI=1S/C22H30N6O2/c29-21(24-17-7-2-1-3-8-17)25-18-11-15-27(16-12-18)22(30)26-19-9-4-5-10-20(19)28-14-6-13-23-28/h4-6,9-10,13-14,17-18H,1-3,7-8,11-12,15-16H2,(H,26,30)(H2,24,25,29). The summed E-state index contributed by atoms with van der Waals surface area (Å²) in [4.78, 5) is 26.8. The number of nitrogens with zero attached hydrogens (tertiary/aromatic N) is 3. The van der Waals surface area contributed by atoms with Crippen LogP contribution in [0, 0.1) is 0 Å². The summed E-state index contributed by atoms with van der Waals surface area (Å²) in [6.07, 6.45) is 10.9. The number of piperidine rings is 1. The SMILES string of the molecule is O=C(NC1CCCCC1)NC1CCN(C(=O)Nc2ccccc2-n2cccn2)CC1. The number of nitrogens with one attached hydrogen (secondary N) is 3. The fourth-order valence-electron chi connectivity index (χ4n) is 4.27. The van der Waals surface area contributed by atoms with Gasteiger partial charge in [0.25, 0.3) is 0 Å². The number of hydrogen-bond acceptors (Lipinski definition) is 3. The minimum atomic E-state index is -0.125. The second-order valence-electron chi connectivity index (χ2n) is 8.11. The lowest BCUT2D eigenvalue weighted by Crippen LogP contribution is -2.51. The molecule has 160 valence electrons. The maximum Gasteiger partial charge on any atom is 0.321 e. The van der Waals surface area contributed by atoms with Gasteiger partial charge >= 0.3 is 12.1 Å². The minimum Gasteiger partial charge on any atom is -0.335 e. The molecule has 3 N–H and O–H groups in total. The largest absolute Gasteiger partial charge is 0.335 e. The molecule has 4 amide bonds. The van der Waals surface area contributed by atoms with E-state index in [0.717, 1.165) is 37.1 Å². The molecule has 2 aliphatic rings. The number of hydrogen-bond donors (Lipinski definition) is 3. The number of urea groups is 2. The third kappa shape index (κ3) is 5.11. The molecule has 30 heavy (non-hydrogen) atoms. The zero-order chi connectivity index (χ0) is 20.8. The van der Waals surface area contributed by atoms with Gasteiger partial charge in [0, 0.05) is 37.6 Å². The van der Waals surface area contributed by atoms with Crippen LogP contribution in [0.15, 0.2) is 42.7 Å². The minimum absolute atomic E-state index is 0.0713. The highest BCUT2D eigenvalue weighted by molar-refractivity contribution is 5.91. The molecule has 1 aromatic heterocycles. The molecule has 2 aromatic rings. The van der Waals surface area contributed by atoms with E-state index < -0.39 is 0 Å². The Morgan fingerprint density at radius 1 is 0.900 bits per heavy atom. The molecule has 2 heterocycles. The summed E-state index contributed by atoms with van der Waals surface area (Å²) in [6.45, 7) is 1.23. The fraction of sp³-hybridized carbons (Fsp3) is 0.500. The number of amides is 4. The Balaban J connectivity index is 1.25. The van der Waals surface area contributed by atoms with E-state index in [2.05, 4.69) is 21.0 Å². The first-order valence-corrected chi connectivity index (χ1v) is 10.9. The van der Waals surface area contributed by atoms with Crippen LogP contribution in [0.2, 0.25) is 0 Å². The number of anilines is 1. The molecular formula is C22H30N6O2. The van der Waals surface area contributed by atoms with Crippen LogP contribution >= 0.6 is 0 Å². The first-order chi connectivity index (χ1) is 14.7. The second kappa shape index (κ2) is 9.65. The van der Waals surface area contributed by atoms with Crippen molar-refractivity contribution in [2.24, 2.45) is 0 Å². The van der Waals surface area contributed by atoms with Crippen LogP contribution in [-0.4, -0.2) is 51.9 Å². The van der Waals surface area contributed by atoms with Gasteiger partial charge in [0.1, 0.15) is 0 Å². The molecule has 1 aliphatic carbocycles. The van der Waals surface area contributed by atoms with E-state index in [1.54, 1.807) is 15.8 Å². The maximum atomic E-state index is 12.8. The number of para-hydroxylation sites is 2. The number of likely N-dealkylation sites (tertiary alicyclic amines) is 1. The molecule has 0 bridgehead atoms. The van der Waals surface area contributed by atoms with Gasteiger partial charge < -0.3 is 20.9 Å². The van der Waals surface area contributed by atoms with Crippen molar-refractivity contribution in [3.05, 3.63) is 42.7 Å². The molecule has 0 radical (unpaired) electrons. The van der Waals surface area contributed by atoms with Gasteiger partial charge in [-0.3, -0.25) is 0 Å². The quantitative estimate of drug-likeness (QED) is 0.720. The van der Waals surface area contributed by atoms with Crippen LogP contribution in [0.4, 0.5) is 15.3 Å². The van der Waals surface area contributed by atoms with E-state index in [1.165, 1.54) is 19.3 Å². The van der Waals surface area contributed by atoms with Crippen LogP contribution in [0.25, 0.3) is 5.69 Å². The van der Waals surface area contributed by atoms with Crippen LogP contribution in [0.5, 0.6) is 0 Å². The van der Waals surface area contributed by atoms with Crippen molar-refractivity contribution in [3.63, 3.8) is 0 Å². The van der Waals surface area contributed by atoms with Gasteiger partial charge in [-0.05, 0) is 43.9 Å². The summed E-state index contributed by atoms with van der Waals surface area (Å²) in [5.41, 5.74) is 1.55. The van der Waals surface area contributed by atoms with Crippen molar-refractivity contribution in [1.29, 1.82) is 0 Å². The highest BCUT2D eigenvalue weighted by Gasteiger charge is 2.25. The molecular weight excluding hydrogens is 380 g/mol. The summed E-state index contributed by atoms with van der Waals surface area (Å²) in [5.74, 6) is 0. The van der Waals surface area contributed by atoms with Gasteiger partial charge in [0.05, 0.1) is 11.4 Å². The molecule has 1 saturated heterocycles. The highest BCUT2D eigenvalue weighted by atomic mass is 16.2. The molecule has 4 rings (SSSR count). The van der Waals surface area contributed by atoms with Gasteiger partial charge in [-0.1, -0.05) is 31.4 Å². The average molecular weight is 411 g/mol. The summed E-state index contributed by atoms with van der Waals surface area (Å²) >= 11 is 0. The molecule has 0 atom stereocenters. The molecule has 8 heteroatoms.